The van der Waals surface area contributed by atoms with Gasteiger partial charge in [0, 0.05) is 17.9 Å². The van der Waals surface area contributed by atoms with Crippen molar-refractivity contribution in [2.45, 2.75) is 60.0 Å². The van der Waals surface area contributed by atoms with E-state index in [2.05, 4.69) is 0 Å². The van der Waals surface area contributed by atoms with Gasteiger partial charge in [-0.3, -0.25) is 9.59 Å². The van der Waals surface area contributed by atoms with Gasteiger partial charge in [-0.15, -0.1) is 0 Å². The zero-order chi connectivity index (χ0) is 19.5. The summed E-state index contributed by atoms with van der Waals surface area (Å²) in [6, 6.07) is 0. The Kier molecular flexibility index (Phi) is 6.54. The molecule has 0 saturated carbocycles. The van der Waals surface area contributed by atoms with E-state index in [-0.39, 0.29) is 18.4 Å². The Balaban J connectivity index is 3.62. The Morgan fingerprint density at radius 1 is 1.08 bits per heavy atom. The van der Waals surface area contributed by atoms with Crippen LogP contribution in [0.1, 0.15) is 54.4 Å². The Morgan fingerprint density at radius 3 is 2.04 bits per heavy atom. The Labute approximate surface area is 149 Å². The molecule has 5 nitrogen and oxygen atoms in total. The number of aliphatic hydroxyl groups is 3. The fourth-order valence-corrected chi connectivity index (χ4v) is 2.49. The van der Waals surface area contributed by atoms with Gasteiger partial charge in [0.05, 0.1) is 0 Å². The van der Waals surface area contributed by atoms with Gasteiger partial charge < -0.3 is 15.3 Å². The first-order chi connectivity index (χ1) is 11.4. The second-order valence-corrected chi connectivity index (χ2v) is 7.23. The zero-order valence-electron chi connectivity index (χ0n) is 15.8. The first kappa shape index (κ1) is 20.9. The normalized spacial score (nSPS) is 20.9. The molecule has 0 amide bonds. The molecule has 0 fully saturated rings. The summed E-state index contributed by atoms with van der Waals surface area (Å²) in [5.41, 5.74) is -0.872. The van der Waals surface area contributed by atoms with E-state index in [1.807, 2.05) is 13.8 Å². The van der Waals surface area contributed by atoms with E-state index in [1.54, 1.807) is 39.8 Å². The molecule has 138 valence electrons. The van der Waals surface area contributed by atoms with E-state index in [9.17, 15) is 24.9 Å². The molecule has 0 aromatic rings. The molecule has 3 N–H and O–H groups in total. The number of hydrogen-bond acceptors (Lipinski definition) is 5. The van der Waals surface area contributed by atoms with Gasteiger partial charge in [-0.1, -0.05) is 37.1 Å². The summed E-state index contributed by atoms with van der Waals surface area (Å²) < 4.78 is 0. The van der Waals surface area contributed by atoms with Crippen molar-refractivity contribution in [1.82, 2.24) is 0 Å². The van der Waals surface area contributed by atoms with E-state index in [0.717, 1.165) is 11.1 Å². The maximum absolute atomic E-state index is 12.8. The number of carbonyl (C=O) groups excluding carboxylic acids is 2. The highest BCUT2D eigenvalue weighted by molar-refractivity contribution is 6.25. The lowest BCUT2D eigenvalue weighted by Crippen LogP contribution is -2.47. The van der Waals surface area contributed by atoms with Gasteiger partial charge in [-0.25, -0.2) is 0 Å². The van der Waals surface area contributed by atoms with Crippen LogP contribution in [0.3, 0.4) is 0 Å². The van der Waals surface area contributed by atoms with Crippen LogP contribution in [0, 0.1) is 5.92 Å². The highest BCUT2D eigenvalue weighted by Gasteiger charge is 2.49. The van der Waals surface area contributed by atoms with Crippen LogP contribution in [0.25, 0.3) is 0 Å². The quantitative estimate of drug-likeness (QED) is 0.500. The standard InChI is InChI=1S/C20H28O5/c1-11(2)7-8-14-17(22)15(16(21)13(5)6)19(24)20(25,18(14)23)10-9-12(3)4/h7,9,13,22-23,25H,8,10H2,1-6H3/t20-/m1/s1. The minimum Gasteiger partial charge on any atom is -0.508 e. The number of carbonyl (C=O) groups is 2. The molecular weight excluding hydrogens is 320 g/mol. The highest BCUT2D eigenvalue weighted by atomic mass is 16.3. The monoisotopic (exact) mass is 348 g/mol. The van der Waals surface area contributed by atoms with E-state index in [1.165, 1.54) is 0 Å². The molecule has 5 heteroatoms. The molecule has 0 unspecified atom stereocenters. The van der Waals surface area contributed by atoms with Gasteiger partial charge in [-0.2, -0.15) is 0 Å². The number of hydrogen-bond donors (Lipinski definition) is 3. The third-order valence-corrected chi connectivity index (χ3v) is 4.09. The lowest BCUT2D eigenvalue weighted by atomic mass is 9.76. The molecule has 0 heterocycles. The van der Waals surface area contributed by atoms with Crippen molar-refractivity contribution < 1.29 is 24.9 Å². The van der Waals surface area contributed by atoms with Gasteiger partial charge in [0.2, 0.25) is 5.78 Å². The summed E-state index contributed by atoms with van der Waals surface area (Å²) in [5, 5.41) is 31.9. The summed E-state index contributed by atoms with van der Waals surface area (Å²) in [6.07, 6.45) is 3.31. The van der Waals surface area contributed by atoms with Crippen molar-refractivity contribution in [3.05, 3.63) is 46.0 Å². The van der Waals surface area contributed by atoms with Gasteiger partial charge in [0.25, 0.3) is 0 Å². The van der Waals surface area contributed by atoms with Crippen LogP contribution in [0.5, 0.6) is 0 Å². The Bertz CT molecular complexity index is 696. The van der Waals surface area contributed by atoms with Crippen molar-refractivity contribution in [2.24, 2.45) is 5.92 Å². The fourth-order valence-electron chi connectivity index (χ4n) is 2.49. The molecule has 1 rings (SSSR count). The molecule has 1 atom stereocenters. The summed E-state index contributed by atoms with van der Waals surface area (Å²) in [6.45, 7) is 10.5. The largest absolute Gasteiger partial charge is 0.508 e. The number of ketones is 2. The van der Waals surface area contributed by atoms with Crippen molar-refractivity contribution >= 4 is 11.6 Å². The number of aliphatic hydroxyl groups excluding tert-OH is 2. The number of Topliss-reactive ketones (excluding diaryl/α,β-unsaturated/α-hetero) is 2. The van der Waals surface area contributed by atoms with Gasteiger partial charge in [0.1, 0.15) is 17.1 Å². The smallest absolute Gasteiger partial charge is 0.209 e. The van der Waals surface area contributed by atoms with E-state index >= 15 is 0 Å². The summed E-state index contributed by atoms with van der Waals surface area (Å²) in [4.78, 5) is 25.2. The Hall–Kier alpha value is -2.14. The molecule has 0 bridgehead atoms. The van der Waals surface area contributed by atoms with Crippen molar-refractivity contribution in [1.29, 1.82) is 0 Å². The lowest BCUT2D eigenvalue weighted by molar-refractivity contribution is -0.135. The molecule has 0 aromatic carbocycles. The van der Waals surface area contributed by atoms with Crippen LogP contribution < -0.4 is 0 Å². The lowest BCUT2D eigenvalue weighted by Gasteiger charge is -2.32. The summed E-state index contributed by atoms with van der Waals surface area (Å²) >= 11 is 0. The van der Waals surface area contributed by atoms with E-state index < -0.39 is 40.2 Å². The number of rotatable bonds is 6. The first-order valence-corrected chi connectivity index (χ1v) is 8.37. The van der Waals surface area contributed by atoms with Crippen LogP contribution in [0.4, 0.5) is 0 Å². The second kappa shape index (κ2) is 7.83. The minimum atomic E-state index is -2.24. The summed E-state index contributed by atoms with van der Waals surface area (Å²) in [5.74, 6) is -3.18. The Morgan fingerprint density at radius 2 is 1.60 bits per heavy atom. The summed E-state index contributed by atoms with van der Waals surface area (Å²) in [7, 11) is 0. The molecule has 0 aliphatic heterocycles. The maximum Gasteiger partial charge on any atom is 0.209 e. The molecule has 25 heavy (non-hydrogen) atoms. The topological polar surface area (TPSA) is 94.8 Å². The van der Waals surface area contributed by atoms with Crippen LogP contribution in [-0.2, 0) is 9.59 Å². The molecular formula is C20H28O5. The molecule has 1 aliphatic carbocycles. The highest BCUT2D eigenvalue weighted by Crippen LogP contribution is 2.38. The molecule has 0 radical (unpaired) electrons. The average molecular weight is 348 g/mol. The maximum atomic E-state index is 12.8. The third-order valence-electron chi connectivity index (χ3n) is 4.09. The van der Waals surface area contributed by atoms with Crippen LogP contribution in [-0.4, -0.2) is 32.5 Å². The average Bonchev–Trinajstić information content (AvgIpc) is 2.50. The zero-order valence-corrected chi connectivity index (χ0v) is 15.8. The predicted octanol–water partition coefficient (Wildman–Crippen LogP) is 3.86. The SMILES string of the molecule is CC(C)=CCC1=C(O)[C@](O)(CC=C(C)C)C(=O)C(C(=O)C(C)C)=C1O. The van der Waals surface area contributed by atoms with E-state index in [4.69, 9.17) is 0 Å². The predicted molar refractivity (Wildman–Crippen MR) is 97.2 cm³/mol. The van der Waals surface area contributed by atoms with Gasteiger partial charge in [0.15, 0.2) is 11.4 Å². The van der Waals surface area contributed by atoms with Crippen molar-refractivity contribution in [3.8, 4) is 0 Å². The van der Waals surface area contributed by atoms with E-state index in [0.29, 0.717) is 0 Å². The van der Waals surface area contributed by atoms with Crippen molar-refractivity contribution in [3.63, 3.8) is 0 Å². The van der Waals surface area contributed by atoms with Gasteiger partial charge in [-0.05, 0) is 34.1 Å². The molecule has 0 saturated heterocycles. The van der Waals surface area contributed by atoms with Crippen LogP contribution in [0.2, 0.25) is 0 Å². The molecule has 1 aliphatic rings. The first-order valence-electron chi connectivity index (χ1n) is 8.37. The minimum absolute atomic E-state index is 0.00876. The molecule has 0 aromatic heterocycles. The molecule has 0 spiro atoms. The van der Waals surface area contributed by atoms with Crippen molar-refractivity contribution in [2.75, 3.05) is 0 Å². The second-order valence-electron chi connectivity index (χ2n) is 7.23. The number of allylic oxidation sites excluding steroid dienone is 4. The third kappa shape index (κ3) is 4.28. The van der Waals surface area contributed by atoms with Crippen LogP contribution >= 0.6 is 0 Å². The fraction of sp³-hybridized carbons (Fsp3) is 0.500. The van der Waals surface area contributed by atoms with Gasteiger partial charge >= 0.3 is 0 Å². The van der Waals surface area contributed by atoms with Crippen LogP contribution in [0.15, 0.2) is 46.0 Å².